The maximum atomic E-state index is 5.94. The van der Waals surface area contributed by atoms with Crippen molar-refractivity contribution in [3.63, 3.8) is 0 Å². The van der Waals surface area contributed by atoms with Crippen LogP contribution in [0.1, 0.15) is 22.5 Å². The zero-order chi connectivity index (χ0) is 18.1. The average molecular weight is 393 g/mol. The molecule has 5 rings (SSSR count). The first kappa shape index (κ1) is 18.3. The number of benzene rings is 2. The molecule has 6 heteroatoms. The highest BCUT2D eigenvalue weighted by Gasteiger charge is 2.10. The van der Waals surface area contributed by atoms with Gasteiger partial charge < -0.3 is 15.1 Å². The van der Waals surface area contributed by atoms with Crippen LogP contribution >= 0.6 is 12.4 Å². The van der Waals surface area contributed by atoms with Crippen molar-refractivity contribution in [1.29, 1.82) is 0 Å². The standard InChI is InChI=1S/C22H20N4O.ClH/c1-4-16(21-23-9-10-24-21)5-2-15(1)3-7-19-14-18-13-17(6-8-20(18)27-19)22-25-11-12-26-22;/h1-8,13-14H,9-12H2,(H,23,24)(H,25,26);1H/b7-3+;. The summed E-state index contributed by atoms with van der Waals surface area (Å²) >= 11 is 0. The SMILES string of the molecule is C(=C\c1cc2cc(C3=NCCN3)ccc2o1)/c1ccc(C2=NCCN2)cc1.Cl. The van der Waals surface area contributed by atoms with Crippen molar-refractivity contribution in [2.24, 2.45) is 9.98 Å². The zero-order valence-corrected chi connectivity index (χ0v) is 16.1. The molecular formula is C22H21ClN4O. The normalized spacial score (nSPS) is 15.9. The van der Waals surface area contributed by atoms with E-state index in [0.717, 1.165) is 71.3 Å². The van der Waals surface area contributed by atoms with Gasteiger partial charge in [0.2, 0.25) is 0 Å². The van der Waals surface area contributed by atoms with E-state index in [1.165, 1.54) is 0 Å². The van der Waals surface area contributed by atoms with E-state index in [1.54, 1.807) is 0 Å². The maximum Gasteiger partial charge on any atom is 0.134 e. The molecule has 0 bridgehead atoms. The van der Waals surface area contributed by atoms with E-state index in [9.17, 15) is 0 Å². The summed E-state index contributed by atoms with van der Waals surface area (Å²) < 4.78 is 5.94. The Morgan fingerprint density at radius 1 is 0.786 bits per heavy atom. The smallest absolute Gasteiger partial charge is 0.134 e. The van der Waals surface area contributed by atoms with Crippen molar-refractivity contribution in [2.75, 3.05) is 26.2 Å². The molecule has 3 heterocycles. The molecule has 1 aromatic heterocycles. The minimum Gasteiger partial charge on any atom is -0.457 e. The number of halogens is 1. The van der Waals surface area contributed by atoms with Crippen molar-refractivity contribution < 1.29 is 4.42 Å². The van der Waals surface area contributed by atoms with E-state index in [4.69, 9.17) is 4.42 Å². The molecule has 28 heavy (non-hydrogen) atoms. The van der Waals surface area contributed by atoms with Crippen LogP contribution in [0.4, 0.5) is 0 Å². The number of nitrogens with zero attached hydrogens (tertiary/aromatic N) is 2. The third kappa shape index (κ3) is 3.66. The number of aliphatic imine (C=N–C) groups is 2. The van der Waals surface area contributed by atoms with Crippen LogP contribution in [0, 0.1) is 0 Å². The van der Waals surface area contributed by atoms with Gasteiger partial charge in [-0.1, -0.05) is 30.3 Å². The van der Waals surface area contributed by atoms with E-state index < -0.39 is 0 Å². The van der Waals surface area contributed by atoms with Gasteiger partial charge in [0.1, 0.15) is 23.0 Å². The van der Waals surface area contributed by atoms with Crippen LogP contribution in [0.2, 0.25) is 0 Å². The molecule has 0 fully saturated rings. The molecule has 5 nitrogen and oxygen atoms in total. The van der Waals surface area contributed by atoms with Gasteiger partial charge in [0.15, 0.2) is 0 Å². The lowest BCUT2D eigenvalue weighted by atomic mass is 10.1. The summed E-state index contributed by atoms with van der Waals surface area (Å²) in [7, 11) is 0. The quantitative estimate of drug-likeness (QED) is 0.711. The van der Waals surface area contributed by atoms with Crippen LogP contribution in [-0.2, 0) is 0 Å². The van der Waals surface area contributed by atoms with E-state index in [0.29, 0.717) is 0 Å². The summed E-state index contributed by atoms with van der Waals surface area (Å²) in [6.45, 7) is 3.53. The van der Waals surface area contributed by atoms with Crippen LogP contribution in [0.5, 0.6) is 0 Å². The molecule has 0 unspecified atom stereocenters. The molecule has 0 spiro atoms. The number of furan rings is 1. The Balaban J connectivity index is 0.00000192. The van der Waals surface area contributed by atoms with Gasteiger partial charge in [-0.15, -0.1) is 12.4 Å². The minimum absolute atomic E-state index is 0. The van der Waals surface area contributed by atoms with Gasteiger partial charge in [-0.2, -0.15) is 0 Å². The monoisotopic (exact) mass is 392 g/mol. The number of fused-ring (bicyclic) bond motifs is 1. The molecule has 2 aromatic carbocycles. The van der Waals surface area contributed by atoms with Gasteiger partial charge in [0.25, 0.3) is 0 Å². The molecule has 0 saturated heterocycles. The molecule has 3 aromatic rings. The van der Waals surface area contributed by atoms with Crippen molar-refractivity contribution >= 4 is 47.2 Å². The van der Waals surface area contributed by atoms with Crippen molar-refractivity contribution in [2.45, 2.75) is 0 Å². The Kier molecular flexibility index (Phi) is 5.17. The maximum absolute atomic E-state index is 5.94. The van der Waals surface area contributed by atoms with E-state index >= 15 is 0 Å². The molecule has 0 saturated carbocycles. The fraction of sp³-hybridized carbons (Fsp3) is 0.182. The van der Waals surface area contributed by atoms with E-state index in [1.807, 2.05) is 12.1 Å². The average Bonchev–Trinajstić information content (AvgIpc) is 3.47. The lowest BCUT2D eigenvalue weighted by molar-refractivity contribution is 0.604. The fourth-order valence-corrected chi connectivity index (χ4v) is 3.41. The summed E-state index contributed by atoms with van der Waals surface area (Å²) in [4.78, 5) is 8.93. The molecule has 142 valence electrons. The molecule has 0 radical (unpaired) electrons. The molecule has 2 aliphatic rings. The van der Waals surface area contributed by atoms with Crippen molar-refractivity contribution in [3.8, 4) is 0 Å². The zero-order valence-electron chi connectivity index (χ0n) is 15.3. The highest BCUT2D eigenvalue weighted by molar-refractivity contribution is 6.02. The summed E-state index contributed by atoms with van der Waals surface area (Å²) in [5.41, 5.74) is 4.25. The lowest BCUT2D eigenvalue weighted by Gasteiger charge is -2.02. The Morgan fingerprint density at radius 3 is 2.14 bits per heavy atom. The van der Waals surface area contributed by atoms with Gasteiger partial charge in [0, 0.05) is 29.6 Å². The molecule has 0 atom stereocenters. The highest BCUT2D eigenvalue weighted by Crippen LogP contribution is 2.23. The number of hydrogen-bond donors (Lipinski definition) is 2. The lowest BCUT2D eigenvalue weighted by Crippen LogP contribution is -2.19. The minimum atomic E-state index is 0. The molecule has 0 aliphatic carbocycles. The van der Waals surface area contributed by atoms with Crippen LogP contribution in [0.15, 0.2) is 62.9 Å². The van der Waals surface area contributed by atoms with Crippen molar-refractivity contribution in [1.82, 2.24) is 10.6 Å². The topological polar surface area (TPSA) is 61.9 Å². The summed E-state index contributed by atoms with van der Waals surface area (Å²) in [5, 5.41) is 7.69. The number of nitrogens with one attached hydrogen (secondary N) is 2. The molecule has 0 amide bonds. The molecule has 2 aliphatic heterocycles. The Bertz CT molecular complexity index is 1080. The third-order valence-corrected chi connectivity index (χ3v) is 4.78. The molecule has 2 N–H and O–H groups in total. The predicted molar refractivity (Wildman–Crippen MR) is 118 cm³/mol. The highest BCUT2D eigenvalue weighted by atomic mass is 35.5. The summed E-state index contributed by atoms with van der Waals surface area (Å²) in [6.07, 6.45) is 4.07. The first-order valence-electron chi connectivity index (χ1n) is 9.24. The van der Waals surface area contributed by atoms with Crippen LogP contribution in [0.25, 0.3) is 23.1 Å². The van der Waals surface area contributed by atoms with Crippen molar-refractivity contribution in [3.05, 3.63) is 71.0 Å². The Morgan fingerprint density at radius 2 is 1.46 bits per heavy atom. The van der Waals surface area contributed by atoms with Crippen LogP contribution in [0.3, 0.4) is 0 Å². The first-order valence-corrected chi connectivity index (χ1v) is 9.24. The first-order chi connectivity index (χ1) is 13.3. The number of rotatable bonds is 4. The number of hydrogen-bond acceptors (Lipinski definition) is 5. The largest absolute Gasteiger partial charge is 0.457 e. The second-order valence-electron chi connectivity index (χ2n) is 6.67. The van der Waals surface area contributed by atoms with Gasteiger partial charge in [-0.05, 0) is 35.9 Å². The van der Waals surface area contributed by atoms with E-state index in [2.05, 4.69) is 69.2 Å². The Labute approximate surface area is 169 Å². The van der Waals surface area contributed by atoms with Gasteiger partial charge >= 0.3 is 0 Å². The molecular weight excluding hydrogens is 372 g/mol. The summed E-state index contributed by atoms with van der Waals surface area (Å²) in [6, 6.07) is 16.6. The fourth-order valence-electron chi connectivity index (χ4n) is 3.41. The second kappa shape index (κ2) is 7.90. The predicted octanol–water partition coefficient (Wildman–Crippen LogP) is 3.72. The van der Waals surface area contributed by atoms with Gasteiger partial charge in [-0.3, -0.25) is 9.98 Å². The van der Waals surface area contributed by atoms with E-state index in [-0.39, 0.29) is 12.4 Å². The number of amidine groups is 2. The Hall–Kier alpha value is -3.05. The third-order valence-electron chi connectivity index (χ3n) is 4.78. The van der Waals surface area contributed by atoms with Crippen LogP contribution < -0.4 is 10.6 Å². The van der Waals surface area contributed by atoms with Gasteiger partial charge in [-0.25, -0.2) is 0 Å². The second-order valence-corrected chi connectivity index (χ2v) is 6.67. The summed E-state index contributed by atoms with van der Waals surface area (Å²) in [5.74, 6) is 2.80. The van der Waals surface area contributed by atoms with Gasteiger partial charge in [0.05, 0.1) is 13.1 Å². The van der Waals surface area contributed by atoms with Crippen LogP contribution in [-0.4, -0.2) is 37.9 Å².